The van der Waals surface area contributed by atoms with Crippen molar-refractivity contribution in [3.8, 4) is 0 Å². The molecule has 4 nitrogen and oxygen atoms in total. The lowest BCUT2D eigenvalue weighted by molar-refractivity contribution is -0.119. The highest BCUT2D eigenvalue weighted by molar-refractivity contribution is 6.22. The molecule has 0 radical (unpaired) electrons. The van der Waals surface area contributed by atoms with Gasteiger partial charge in [0.15, 0.2) is 5.78 Å². The molecule has 16 heavy (non-hydrogen) atoms. The van der Waals surface area contributed by atoms with Gasteiger partial charge in [0.2, 0.25) is 0 Å². The summed E-state index contributed by atoms with van der Waals surface area (Å²) in [4.78, 5) is 35.9. The van der Waals surface area contributed by atoms with E-state index in [-0.39, 0.29) is 24.1 Å². The lowest BCUT2D eigenvalue weighted by Gasteiger charge is -2.11. The molecule has 0 aliphatic carbocycles. The maximum Gasteiger partial charge on any atom is 0.261 e. The number of amides is 2. The Labute approximate surface area is 92.9 Å². The van der Waals surface area contributed by atoms with E-state index in [4.69, 9.17) is 0 Å². The molecule has 0 saturated heterocycles. The van der Waals surface area contributed by atoms with E-state index in [2.05, 4.69) is 0 Å². The van der Waals surface area contributed by atoms with Gasteiger partial charge in [-0.05, 0) is 12.1 Å². The van der Waals surface area contributed by atoms with E-state index >= 15 is 0 Å². The molecule has 1 aliphatic rings. The first-order chi connectivity index (χ1) is 7.65. The van der Waals surface area contributed by atoms with Crippen molar-refractivity contribution in [3.05, 3.63) is 35.4 Å². The highest BCUT2D eigenvalue weighted by atomic mass is 16.2. The minimum absolute atomic E-state index is 0.116. The molecule has 0 spiro atoms. The monoisotopic (exact) mass is 217 g/mol. The summed E-state index contributed by atoms with van der Waals surface area (Å²) >= 11 is 0. The molecule has 1 aromatic carbocycles. The van der Waals surface area contributed by atoms with E-state index in [1.807, 2.05) is 0 Å². The van der Waals surface area contributed by atoms with Crippen LogP contribution >= 0.6 is 0 Å². The fraction of sp³-hybridized carbons (Fsp3) is 0.250. The van der Waals surface area contributed by atoms with Crippen LogP contribution in [-0.4, -0.2) is 29.0 Å². The molecule has 2 amide bonds. The highest BCUT2D eigenvalue weighted by Crippen LogP contribution is 2.22. The Morgan fingerprint density at radius 1 is 1.12 bits per heavy atom. The van der Waals surface area contributed by atoms with Crippen molar-refractivity contribution in [2.75, 3.05) is 6.54 Å². The van der Waals surface area contributed by atoms with E-state index in [0.29, 0.717) is 17.5 Å². The Morgan fingerprint density at radius 3 is 2.06 bits per heavy atom. The lowest BCUT2D eigenvalue weighted by atomic mass is 10.1. The summed E-state index contributed by atoms with van der Waals surface area (Å²) in [7, 11) is 0. The van der Waals surface area contributed by atoms with Crippen LogP contribution < -0.4 is 0 Å². The number of carbonyl (C=O) groups excluding carboxylic acids is 3. The first-order valence-corrected chi connectivity index (χ1v) is 5.12. The van der Waals surface area contributed by atoms with Crippen LogP contribution in [0.4, 0.5) is 0 Å². The standard InChI is InChI=1S/C12H11NO3/c1-2-8(14)7-13-11(15)9-5-3-4-6-10(9)12(13)16/h3-6H,2,7H2,1H3. The van der Waals surface area contributed by atoms with Gasteiger partial charge in [-0.15, -0.1) is 0 Å². The maximum atomic E-state index is 11.8. The molecule has 1 aliphatic heterocycles. The summed E-state index contributed by atoms with van der Waals surface area (Å²) in [6, 6.07) is 6.61. The van der Waals surface area contributed by atoms with Crippen LogP contribution in [0, 0.1) is 0 Å². The summed E-state index contributed by atoms with van der Waals surface area (Å²) in [6.07, 6.45) is 0.327. The normalized spacial score (nSPS) is 14.2. The van der Waals surface area contributed by atoms with Gasteiger partial charge in [-0.3, -0.25) is 19.3 Å². The molecule has 0 atom stereocenters. The van der Waals surface area contributed by atoms with Gasteiger partial charge in [0.05, 0.1) is 17.7 Å². The quantitative estimate of drug-likeness (QED) is 0.716. The second kappa shape index (κ2) is 3.89. The van der Waals surface area contributed by atoms with Gasteiger partial charge in [0.1, 0.15) is 0 Å². The summed E-state index contributed by atoms with van der Waals surface area (Å²) in [5.74, 6) is -0.862. The number of hydrogen-bond acceptors (Lipinski definition) is 3. The van der Waals surface area contributed by atoms with Gasteiger partial charge in [-0.2, -0.15) is 0 Å². The number of carbonyl (C=O) groups is 3. The number of hydrogen-bond donors (Lipinski definition) is 0. The number of fused-ring (bicyclic) bond motifs is 1. The van der Waals surface area contributed by atoms with Crippen LogP contribution in [0.15, 0.2) is 24.3 Å². The average molecular weight is 217 g/mol. The zero-order valence-electron chi connectivity index (χ0n) is 8.90. The minimum Gasteiger partial charge on any atom is -0.298 e. The fourth-order valence-electron chi connectivity index (χ4n) is 1.67. The van der Waals surface area contributed by atoms with Crippen molar-refractivity contribution in [2.45, 2.75) is 13.3 Å². The Balaban J connectivity index is 2.32. The SMILES string of the molecule is CCC(=O)CN1C(=O)c2ccccc2C1=O. The zero-order chi connectivity index (χ0) is 11.7. The summed E-state index contributed by atoms with van der Waals surface area (Å²) in [6.45, 7) is 1.59. The van der Waals surface area contributed by atoms with Crippen LogP contribution in [-0.2, 0) is 4.79 Å². The van der Waals surface area contributed by atoms with Crippen molar-refractivity contribution in [3.63, 3.8) is 0 Å². The first kappa shape index (κ1) is 10.5. The van der Waals surface area contributed by atoms with E-state index in [1.54, 1.807) is 31.2 Å². The lowest BCUT2D eigenvalue weighted by Crippen LogP contribution is -2.34. The second-order valence-electron chi connectivity index (χ2n) is 3.63. The topological polar surface area (TPSA) is 54.5 Å². The van der Waals surface area contributed by atoms with E-state index in [9.17, 15) is 14.4 Å². The predicted octanol–water partition coefficient (Wildman–Crippen LogP) is 1.26. The highest BCUT2D eigenvalue weighted by Gasteiger charge is 2.35. The molecule has 0 N–H and O–H groups in total. The molecule has 0 bridgehead atoms. The van der Waals surface area contributed by atoms with Crippen LogP contribution in [0.2, 0.25) is 0 Å². The predicted molar refractivity (Wildman–Crippen MR) is 57.1 cm³/mol. The van der Waals surface area contributed by atoms with E-state index in [1.165, 1.54) is 0 Å². The molecule has 1 heterocycles. The smallest absolute Gasteiger partial charge is 0.261 e. The number of benzene rings is 1. The number of ketones is 1. The largest absolute Gasteiger partial charge is 0.298 e. The molecule has 2 rings (SSSR count). The van der Waals surface area contributed by atoms with Crippen molar-refractivity contribution >= 4 is 17.6 Å². The van der Waals surface area contributed by atoms with Crippen molar-refractivity contribution in [1.29, 1.82) is 0 Å². The Morgan fingerprint density at radius 2 is 1.62 bits per heavy atom. The van der Waals surface area contributed by atoms with E-state index < -0.39 is 0 Å². The fourth-order valence-corrected chi connectivity index (χ4v) is 1.67. The molecule has 1 aromatic rings. The van der Waals surface area contributed by atoms with Crippen molar-refractivity contribution < 1.29 is 14.4 Å². The molecular weight excluding hydrogens is 206 g/mol. The van der Waals surface area contributed by atoms with Gasteiger partial charge >= 0.3 is 0 Å². The number of Topliss-reactive ketones (excluding diaryl/α,β-unsaturated/α-hetero) is 1. The first-order valence-electron chi connectivity index (χ1n) is 5.12. The molecule has 0 unspecified atom stereocenters. The molecule has 0 fully saturated rings. The van der Waals surface area contributed by atoms with Crippen LogP contribution in [0.5, 0.6) is 0 Å². The molecule has 0 saturated carbocycles. The second-order valence-corrected chi connectivity index (χ2v) is 3.63. The Hall–Kier alpha value is -1.97. The molecule has 4 heteroatoms. The van der Waals surface area contributed by atoms with Crippen LogP contribution in [0.1, 0.15) is 34.1 Å². The summed E-state index contributed by atoms with van der Waals surface area (Å²) in [5.41, 5.74) is 0.771. The van der Waals surface area contributed by atoms with Crippen LogP contribution in [0.3, 0.4) is 0 Å². The van der Waals surface area contributed by atoms with Gasteiger partial charge in [-0.1, -0.05) is 19.1 Å². The van der Waals surface area contributed by atoms with Gasteiger partial charge in [0.25, 0.3) is 11.8 Å². The molecule has 82 valence electrons. The third-order valence-electron chi connectivity index (χ3n) is 2.61. The summed E-state index contributed by atoms with van der Waals surface area (Å²) < 4.78 is 0. The summed E-state index contributed by atoms with van der Waals surface area (Å²) in [5, 5.41) is 0. The maximum absolute atomic E-state index is 11.8. The third kappa shape index (κ3) is 1.52. The third-order valence-corrected chi connectivity index (χ3v) is 2.61. The minimum atomic E-state index is -0.373. The van der Waals surface area contributed by atoms with Gasteiger partial charge in [-0.25, -0.2) is 0 Å². The van der Waals surface area contributed by atoms with Gasteiger partial charge in [0, 0.05) is 6.42 Å². The van der Waals surface area contributed by atoms with E-state index in [0.717, 1.165) is 4.90 Å². The molecule has 0 aromatic heterocycles. The Kier molecular flexibility index (Phi) is 2.56. The number of rotatable bonds is 3. The zero-order valence-corrected chi connectivity index (χ0v) is 8.90. The average Bonchev–Trinajstić information content (AvgIpc) is 2.55. The van der Waals surface area contributed by atoms with Gasteiger partial charge < -0.3 is 0 Å². The van der Waals surface area contributed by atoms with Crippen molar-refractivity contribution in [2.24, 2.45) is 0 Å². The van der Waals surface area contributed by atoms with Crippen LogP contribution in [0.25, 0.3) is 0 Å². The van der Waals surface area contributed by atoms with Crippen molar-refractivity contribution in [1.82, 2.24) is 4.90 Å². The molecular formula is C12H11NO3. The Bertz CT molecular complexity index is 444. The number of nitrogens with zero attached hydrogens (tertiary/aromatic N) is 1. The number of imide groups is 1.